The molecule has 3 N–H and O–H groups in total. The zero-order valence-electron chi connectivity index (χ0n) is 21.4. The second kappa shape index (κ2) is 11.1. The number of carbonyl (C=O) groups is 7. The Hall–Kier alpha value is -4.24. The van der Waals surface area contributed by atoms with Crippen LogP contribution in [0.5, 0.6) is 0 Å². The van der Waals surface area contributed by atoms with E-state index in [0.29, 0.717) is 4.90 Å². The predicted octanol–water partition coefficient (Wildman–Crippen LogP) is 0.182. The number of esters is 1. The number of rotatable bonds is 11. The summed E-state index contributed by atoms with van der Waals surface area (Å²) >= 11 is 1.11. The van der Waals surface area contributed by atoms with Crippen LogP contribution < -0.4 is 5.32 Å². The highest BCUT2D eigenvalue weighted by atomic mass is 32.2. The van der Waals surface area contributed by atoms with Crippen LogP contribution in [-0.2, 0) is 33.4 Å². The van der Waals surface area contributed by atoms with Crippen LogP contribution in [0, 0.1) is 0 Å². The first kappa shape index (κ1) is 28.8. The molecule has 0 aromatic heterocycles. The van der Waals surface area contributed by atoms with E-state index >= 15 is 0 Å². The van der Waals surface area contributed by atoms with Gasteiger partial charge in [0.1, 0.15) is 23.7 Å². The molecule has 15 heteroatoms. The molecule has 3 atom stereocenters. The van der Waals surface area contributed by atoms with Gasteiger partial charge in [-0.05, 0) is 25.0 Å². The average molecular weight is 576 g/mol. The first-order valence-electron chi connectivity index (χ1n) is 12.0. The summed E-state index contributed by atoms with van der Waals surface area (Å²) in [5.41, 5.74) is -1.82. The lowest BCUT2D eigenvalue weighted by atomic mass is 9.97. The number of nitrogens with one attached hydrogen (secondary N) is 1. The van der Waals surface area contributed by atoms with Gasteiger partial charge in [0.25, 0.3) is 23.4 Å². The minimum atomic E-state index is -1.87. The van der Waals surface area contributed by atoms with E-state index in [1.165, 1.54) is 26.2 Å². The van der Waals surface area contributed by atoms with Crippen LogP contribution in [-0.4, -0.2) is 98.2 Å². The topological polar surface area (TPSA) is 197 Å². The summed E-state index contributed by atoms with van der Waals surface area (Å²) in [5.74, 6) is -6.35. The fraction of sp³-hybridized carbons (Fsp3) is 0.400. The summed E-state index contributed by atoms with van der Waals surface area (Å²) in [4.78, 5) is 88.0. The third-order valence-electron chi connectivity index (χ3n) is 6.71. The largest absolute Gasteiger partial charge is 0.480 e. The molecule has 3 aliphatic rings. The number of β-lactam (4-membered cyclic amide) rings is 1. The van der Waals surface area contributed by atoms with Crippen molar-refractivity contribution >= 4 is 53.3 Å². The van der Waals surface area contributed by atoms with Crippen molar-refractivity contribution < 1.29 is 53.2 Å². The number of imide groups is 1. The fourth-order valence-electron chi connectivity index (χ4n) is 4.82. The molecule has 3 heterocycles. The molecule has 40 heavy (non-hydrogen) atoms. The zero-order chi connectivity index (χ0) is 29.4. The van der Waals surface area contributed by atoms with Crippen LogP contribution in [0.3, 0.4) is 0 Å². The van der Waals surface area contributed by atoms with Gasteiger partial charge in [0.15, 0.2) is 0 Å². The zero-order valence-corrected chi connectivity index (χ0v) is 22.2. The maximum absolute atomic E-state index is 13.1. The number of nitrogens with zero attached hydrogens (tertiary/aromatic N) is 2. The van der Waals surface area contributed by atoms with E-state index in [0.717, 1.165) is 16.7 Å². The predicted molar refractivity (Wildman–Crippen MR) is 134 cm³/mol. The molecule has 1 aromatic carbocycles. The van der Waals surface area contributed by atoms with E-state index in [9.17, 15) is 43.8 Å². The number of amides is 4. The van der Waals surface area contributed by atoms with Gasteiger partial charge in [0.2, 0.25) is 5.91 Å². The molecule has 0 radical (unpaired) electrons. The Kier molecular flexibility index (Phi) is 7.98. The van der Waals surface area contributed by atoms with Crippen LogP contribution in [0.25, 0.3) is 0 Å². The quantitative estimate of drug-likeness (QED) is 0.140. The van der Waals surface area contributed by atoms with Gasteiger partial charge in [-0.15, -0.1) is 11.8 Å². The molecule has 4 rings (SSSR count). The van der Waals surface area contributed by atoms with E-state index in [4.69, 9.17) is 9.47 Å². The molecule has 4 amide bonds. The number of carboxylic acid groups (broad SMARTS) is 2. The van der Waals surface area contributed by atoms with Crippen LogP contribution >= 0.6 is 11.8 Å². The molecular weight excluding hydrogens is 550 g/mol. The van der Waals surface area contributed by atoms with Gasteiger partial charge in [-0.3, -0.25) is 33.8 Å². The molecular formula is C25H25N3O11S. The molecule has 212 valence electrons. The molecule has 0 saturated carbocycles. The van der Waals surface area contributed by atoms with Crippen molar-refractivity contribution in [2.75, 3.05) is 19.5 Å². The van der Waals surface area contributed by atoms with Gasteiger partial charge in [-0.1, -0.05) is 12.1 Å². The van der Waals surface area contributed by atoms with Gasteiger partial charge >= 0.3 is 17.9 Å². The number of thioether (sulfide) groups is 1. The maximum atomic E-state index is 13.1. The van der Waals surface area contributed by atoms with Crippen LogP contribution in [0.1, 0.15) is 46.9 Å². The number of benzene rings is 1. The van der Waals surface area contributed by atoms with E-state index in [2.05, 4.69) is 5.32 Å². The van der Waals surface area contributed by atoms with Gasteiger partial charge in [0, 0.05) is 31.8 Å². The summed E-state index contributed by atoms with van der Waals surface area (Å²) in [6.45, 7) is 0.850. The Morgan fingerprint density at radius 3 is 2.27 bits per heavy atom. The Morgan fingerprint density at radius 2 is 1.75 bits per heavy atom. The Labute approximate surface area is 231 Å². The summed E-state index contributed by atoms with van der Waals surface area (Å²) in [7, 11) is 1.18. The van der Waals surface area contributed by atoms with E-state index in [1.54, 1.807) is 12.1 Å². The first-order valence-corrected chi connectivity index (χ1v) is 13.1. The molecule has 1 unspecified atom stereocenters. The van der Waals surface area contributed by atoms with Gasteiger partial charge < -0.3 is 25.0 Å². The molecule has 1 saturated heterocycles. The average Bonchev–Trinajstić information content (AvgIpc) is 3.16. The molecule has 14 nitrogen and oxygen atoms in total. The third kappa shape index (κ3) is 4.81. The van der Waals surface area contributed by atoms with Crippen molar-refractivity contribution in [3.8, 4) is 0 Å². The summed E-state index contributed by atoms with van der Waals surface area (Å²) < 4.78 is 10.3. The number of hydrogen-bond donors (Lipinski definition) is 3. The van der Waals surface area contributed by atoms with Gasteiger partial charge in [-0.25, -0.2) is 9.59 Å². The Balaban J connectivity index is 1.41. The van der Waals surface area contributed by atoms with Crippen LogP contribution in [0.4, 0.5) is 0 Å². The number of methoxy groups -OCH3 is 1. The van der Waals surface area contributed by atoms with E-state index in [1.807, 2.05) is 0 Å². The second-order valence-corrected chi connectivity index (χ2v) is 10.2. The summed E-state index contributed by atoms with van der Waals surface area (Å²) in [5, 5.41) is 21.0. The Bertz CT molecular complexity index is 1320. The highest BCUT2D eigenvalue weighted by molar-refractivity contribution is 8.00. The lowest BCUT2D eigenvalue weighted by molar-refractivity contribution is -0.192. The van der Waals surface area contributed by atoms with Crippen molar-refractivity contribution in [3.63, 3.8) is 0 Å². The number of fused-ring (bicyclic) bond motifs is 2. The number of ether oxygens (including phenoxy) is 2. The van der Waals surface area contributed by atoms with E-state index in [-0.39, 0.29) is 54.0 Å². The highest BCUT2D eigenvalue weighted by Crippen LogP contribution is 2.46. The molecule has 0 bridgehead atoms. The van der Waals surface area contributed by atoms with Crippen molar-refractivity contribution in [2.45, 2.75) is 43.3 Å². The van der Waals surface area contributed by atoms with E-state index < -0.39 is 58.7 Å². The smallest absolute Gasteiger partial charge is 0.352 e. The SMILES string of the molecule is CO[C@]1(NC(=O)CCCC(C(=O)O)N2C(=O)c3ccccc3C2=O)C(=O)N2C(C(=O)O)=C(COC(C)=O)CS[C@@H]21. The van der Waals surface area contributed by atoms with Crippen LogP contribution in [0.2, 0.25) is 0 Å². The highest BCUT2D eigenvalue weighted by Gasteiger charge is 2.66. The first-order chi connectivity index (χ1) is 18.9. The number of aliphatic carboxylic acids is 2. The van der Waals surface area contributed by atoms with Crippen molar-refractivity contribution in [1.29, 1.82) is 0 Å². The molecule has 0 spiro atoms. The third-order valence-corrected chi connectivity index (χ3v) is 8.09. The van der Waals surface area contributed by atoms with Gasteiger partial charge in [0.05, 0.1) is 11.1 Å². The molecule has 3 aliphatic heterocycles. The normalized spacial score (nSPS) is 22.4. The minimum Gasteiger partial charge on any atom is -0.480 e. The summed E-state index contributed by atoms with van der Waals surface area (Å²) in [6, 6.07) is 4.47. The van der Waals surface area contributed by atoms with Gasteiger partial charge in [-0.2, -0.15) is 0 Å². The van der Waals surface area contributed by atoms with Crippen molar-refractivity contribution in [1.82, 2.24) is 15.1 Å². The van der Waals surface area contributed by atoms with Crippen molar-refractivity contribution in [2.24, 2.45) is 0 Å². The fourth-order valence-corrected chi connectivity index (χ4v) is 6.24. The Morgan fingerprint density at radius 1 is 1.12 bits per heavy atom. The molecule has 1 aromatic rings. The van der Waals surface area contributed by atoms with Crippen LogP contribution in [0.15, 0.2) is 35.5 Å². The number of carboxylic acids is 2. The number of carbonyl (C=O) groups excluding carboxylic acids is 5. The minimum absolute atomic E-state index is 0.0570. The second-order valence-electron chi connectivity index (χ2n) is 9.14. The standard InChI is InChI=1S/C25H25N3O11S/c1-12(29)39-10-13-11-40-24-25(38-2,23(37)28(24)18(13)22(35)36)26-17(30)9-5-8-16(21(33)34)27-19(31)14-6-3-4-7-15(14)20(27)32/h3-4,6-7,16,24H,5,8-11H2,1-2H3,(H,26,30)(H,33,34)(H,35,36)/t16?,24-,25-/m1/s1. The monoisotopic (exact) mass is 575 g/mol. The molecule has 1 fully saturated rings. The lowest BCUT2D eigenvalue weighted by Gasteiger charge is -2.55. The molecule has 0 aliphatic carbocycles. The lowest BCUT2D eigenvalue weighted by Crippen LogP contribution is -2.80. The maximum Gasteiger partial charge on any atom is 0.352 e. The summed E-state index contributed by atoms with van der Waals surface area (Å²) in [6.07, 6.45) is -0.557. The number of hydrogen-bond acceptors (Lipinski definition) is 10. The van der Waals surface area contributed by atoms with Crippen molar-refractivity contribution in [3.05, 3.63) is 46.7 Å².